The number of nitrogens with zero attached hydrogens (tertiary/aromatic N) is 2. The van der Waals surface area contributed by atoms with Crippen LogP contribution in [0.4, 0.5) is 0 Å². The Morgan fingerprint density at radius 1 is 1.14 bits per heavy atom. The Kier molecular flexibility index (Phi) is 4.02. The SMILES string of the molecule is Cc1ccc2c(c1)nc(CCS)n2C(C)c1ccccc1. The third-order valence-corrected chi connectivity index (χ3v) is 4.15. The maximum absolute atomic E-state index is 4.82. The number of rotatable bonds is 4. The summed E-state index contributed by atoms with van der Waals surface area (Å²) in [5.74, 6) is 1.92. The highest BCUT2D eigenvalue weighted by atomic mass is 32.1. The second-order valence-electron chi connectivity index (χ2n) is 5.45. The fourth-order valence-electron chi connectivity index (χ4n) is 2.85. The van der Waals surface area contributed by atoms with Crippen LogP contribution in [0.3, 0.4) is 0 Å². The van der Waals surface area contributed by atoms with Crippen molar-refractivity contribution in [3.05, 3.63) is 65.5 Å². The normalized spacial score (nSPS) is 12.7. The van der Waals surface area contributed by atoms with Crippen LogP contribution in [0.15, 0.2) is 48.5 Å². The zero-order valence-corrected chi connectivity index (χ0v) is 13.3. The molecule has 2 aromatic carbocycles. The van der Waals surface area contributed by atoms with Gasteiger partial charge < -0.3 is 4.57 Å². The van der Waals surface area contributed by atoms with Gasteiger partial charge in [-0.15, -0.1) is 0 Å². The van der Waals surface area contributed by atoms with Crippen molar-refractivity contribution in [1.82, 2.24) is 9.55 Å². The Morgan fingerprint density at radius 3 is 2.62 bits per heavy atom. The van der Waals surface area contributed by atoms with E-state index in [0.717, 1.165) is 23.5 Å². The predicted octanol–water partition coefficient (Wildman–Crippen LogP) is 4.43. The highest BCUT2D eigenvalue weighted by Gasteiger charge is 2.16. The summed E-state index contributed by atoms with van der Waals surface area (Å²) in [6, 6.07) is 17.4. The molecule has 0 fully saturated rings. The minimum atomic E-state index is 0.272. The molecule has 0 aliphatic heterocycles. The summed E-state index contributed by atoms with van der Waals surface area (Å²) in [5, 5.41) is 0. The van der Waals surface area contributed by atoms with Gasteiger partial charge in [-0.3, -0.25) is 0 Å². The molecule has 0 N–H and O–H groups in total. The van der Waals surface area contributed by atoms with Crippen LogP contribution in [0.5, 0.6) is 0 Å². The van der Waals surface area contributed by atoms with Crippen molar-refractivity contribution in [2.24, 2.45) is 0 Å². The Balaban J connectivity index is 2.17. The van der Waals surface area contributed by atoms with E-state index in [1.807, 2.05) is 0 Å². The van der Waals surface area contributed by atoms with Crippen molar-refractivity contribution < 1.29 is 0 Å². The zero-order valence-electron chi connectivity index (χ0n) is 12.5. The number of aryl methyl sites for hydroxylation is 2. The van der Waals surface area contributed by atoms with E-state index in [-0.39, 0.29) is 6.04 Å². The van der Waals surface area contributed by atoms with Crippen LogP contribution in [0.25, 0.3) is 11.0 Å². The molecule has 3 heteroatoms. The van der Waals surface area contributed by atoms with Gasteiger partial charge in [-0.1, -0.05) is 36.4 Å². The number of aromatic nitrogens is 2. The lowest BCUT2D eigenvalue weighted by Crippen LogP contribution is -2.11. The Labute approximate surface area is 131 Å². The second kappa shape index (κ2) is 5.94. The molecule has 1 atom stereocenters. The highest BCUT2D eigenvalue weighted by molar-refractivity contribution is 7.80. The number of hydrogen-bond acceptors (Lipinski definition) is 2. The molecule has 3 rings (SSSR count). The van der Waals surface area contributed by atoms with Gasteiger partial charge in [0, 0.05) is 6.42 Å². The lowest BCUT2D eigenvalue weighted by molar-refractivity contribution is 0.624. The predicted molar refractivity (Wildman–Crippen MR) is 92.3 cm³/mol. The molecule has 1 heterocycles. The van der Waals surface area contributed by atoms with E-state index in [9.17, 15) is 0 Å². The standard InChI is InChI=1S/C18H20N2S/c1-13-8-9-17-16(12-13)19-18(10-11-21)20(17)14(2)15-6-4-3-5-7-15/h3-9,12,14,21H,10-11H2,1-2H3. The third-order valence-electron chi connectivity index (χ3n) is 3.92. The highest BCUT2D eigenvalue weighted by Crippen LogP contribution is 2.27. The van der Waals surface area contributed by atoms with E-state index in [2.05, 4.69) is 79.6 Å². The fourth-order valence-corrected chi connectivity index (χ4v) is 3.05. The number of benzene rings is 2. The molecule has 0 aliphatic carbocycles. The molecule has 2 nitrogen and oxygen atoms in total. The first kappa shape index (κ1) is 14.2. The van der Waals surface area contributed by atoms with Crippen LogP contribution in [0.1, 0.15) is 29.9 Å². The van der Waals surface area contributed by atoms with Crippen molar-refractivity contribution in [3.8, 4) is 0 Å². The monoisotopic (exact) mass is 296 g/mol. The first-order chi connectivity index (χ1) is 10.2. The summed E-state index contributed by atoms with van der Waals surface area (Å²) in [4.78, 5) is 4.82. The summed E-state index contributed by atoms with van der Waals surface area (Å²) in [5.41, 5.74) is 4.83. The Bertz CT molecular complexity index is 747. The van der Waals surface area contributed by atoms with Crippen molar-refractivity contribution in [2.45, 2.75) is 26.3 Å². The van der Waals surface area contributed by atoms with Gasteiger partial charge in [-0.05, 0) is 42.9 Å². The van der Waals surface area contributed by atoms with Crippen LogP contribution >= 0.6 is 12.6 Å². The van der Waals surface area contributed by atoms with Crippen LogP contribution in [0, 0.1) is 6.92 Å². The smallest absolute Gasteiger partial charge is 0.111 e. The van der Waals surface area contributed by atoms with Gasteiger partial charge in [0.2, 0.25) is 0 Å². The van der Waals surface area contributed by atoms with Gasteiger partial charge in [-0.25, -0.2) is 4.98 Å². The van der Waals surface area contributed by atoms with Gasteiger partial charge in [0.15, 0.2) is 0 Å². The molecule has 0 aliphatic rings. The summed E-state index contributed by atoms with van der Waals surface area (Å²) >= 11 is 4.38. The van der Waals surface area contributed by atoms with Crippen LogP contribution in [-0.4, -0.2) is 15.3 Å². The van der Waals surface area contributed by atoms with Gasteiger partial charge in [-0.2, -0.15) is 12.6 Å². The average molecular weight is 296 g/mol. The van der Waals surface area contributed by atoms with Gasteiger partial charge in [0.05, 0.1) is 17.1 Å². The van der Waals surface area contributed by atoms with E-state index >= 15 is 0 Å². The van der Waals surface area contributed by atoms with Crippen molar-refractivity contribution in [2.75, 3.05) is 5.75 Å². The quantitative estimate of drug-likeness (QED) is 0.705. The molecule has 0 spiro atoms. The van der Waals surface area contributed by atoms with Crippen LogP contribution < -0.4 is 0 Å². The first-order valence-electron chi connectivity index (χ1n) is 7.34. The molecule has 108 valence electrons. The lowest BCUT2D eigenvalue weighted by atomic mass is 10.1. The first-order valence-corrected chi connectivity index (χ1v) is 7.97. The van der Waals surface area contributed by atoms with Crippen molar-refractivity contribution in [1.29, 1.82) is 0 Å². The second-order valence-corrected chi connectivity index (χ2v) is 5.90. The van der Waals surface area contributed by atoms with Crippen LogP contribution in [-0.2, 0) is 6.42 Å². The molecule has 0 saturated heterocycles. The minimum absolute atomic E-state index is 0.272. The van der Waals surface area contributed by atoms with Crippen molar-refractivity contribution in [3.63, 3.8) is 0 Å². The van der Waals surface area contributed by atoms with E-state index in [1.165, 1.54) is 16.6 Å². The molecule has 0 saturated carbocycles. The minimum Gasteiger partial charge on any atom is -0.321 e. The molecular weight excluding hydrogens is 276 g/mol. The summed E-state index contributed by atoms with van der Waals surface area (Å²) in [6.45, 7) is 4.34. The average Bonchev–Trinajstić information content (AvgIpc) is 2.85. The molecular formula is C18H20N2S. The van der Waals surface area contributed by atoms with Gasteiger partial charge >= 0.3 is 0 Å². The molecule has 1 unspecified atom stereocenters. The van der Waals surface area contributed by atoms with E-state index in [4.69, 9.17) is 4.98 Å². The van der Waals surface area contributed by atoms with Crippen LogP contribution in [0.2, 0.25) is 0 Å². The maximum Gasteiger partial charge on any atom is 0.111 e. The molecule has 21 heavy (non-hydrogen) atoms. The largest absolute Gasteiger partial charge is 0.321 e. The van der Waals surface area contributed by atoms with E-state index in [0.29, 0.717) is 0 Å². The molecule has 1 aromatic heterocycles. The summed E-state index contributed by atoms with van der Waals surface area (Å²) in [6.07, 6.45) is 0.883. The van der Waals surface area contributed by atoms with Crippen molar-refractivity contribution >= 4 is 23.7 Å². The molecule has 3 aromatic rings. The molecule has 0 bridgehead atoms. The number of hydrogen-bond donors (Lipinski definition) is 1. The molecule has 0 radical (unpaired) electrons. The zero-order chi connectivity index (χ0) is 14.8. The summed E-state index contributed by atoms with van der Waals surface area (Å²) < 4.78 is 2.35. The Hall–Kier alpha value is -1.74. The Morgan fingerprint density at radius 2 is 1.90 bits per heavy atom. The number of thiol groups is 1. The van der Waals surface area contributed by atoms with Gasteiger partial charge in [0.25, 0.3) is 0 Å². The lowest BCUT2D eigenvalue weighted by Gasteiger charge is -2.18. The molecule has 0 amide bonds. The third kappa shape index (κ3) is 2.70. The maximum atomic E-state index is 4.82. The number of fused-ring (bicyclic) bond motifs is 1. The van der Waals surface area contributed by atoms with E-state index in [1.54, 1.807) is 0 Å². The number of imidazole rings is 1. The topological polar surface area (TPSA) is 17.8 Å². The fraction of sp³-hybridized carbons (Fsp3) is 0.278. The van der Waals surface area contributed by atoms with E-state index < -0.39 is 0 Å². The van der Waals surface area contributed by atoms with Gasteiger partial charge in [0.1, 0.15) is 5.82 Å². The summed E-state index contributed by atoms with van der Waals surface area (Å²) in [7, 11) is 0.